The number of aromatic nitrogens is 2. The fourth-order valence-electron chi connectivity index (χ4n) is 3.38. The molecule has 20 heavy (non-hydrogen) atoms. The van der Waals surface area contributed by atoms with Crippen molar-refractivity contribution in [2.45, 2.75) is 39.3 Å². The minimum Gasteiger partial charge on any atom is -0.395 e. The number of rotatable bonds is 2. The van der Waals surface area contributed by atoms with Crippen LogP contribution in [0.25, 0.3) is 0 Å². The number of hydrogen-bond acceptors (Lipinski definition) is 4. The molecule has 1 amide bonds. The van der Waals surface area contributed by atoms with E-state index in [0.29, 0.717) is 24.0 Å². The van der Waals surface area contributed by atoms with E-state index in [9.17, 15) is 4.79 Å². The van der Waals surface area contributed by atoms with Crippen LogP contribution in [0.15, 0.2) is 0 Å². The van der Waals surface area contributed by atoms with E-state index < -0.39 is 0 Å². The summed E-state index contributed by atoms with van der Waals surface area (Å²) in [4.78, 5) is 17.2. The van der Waals surface area contributed by atoms with Crippen LogP contribution in [0.2, 0.25) is 0 Å². The zero-order chi connectivity index (χ0) is 14.3. The van der Waals surface area contributed by atoms with Crippen molar-refractivity contribution in [1.82, 2.24) is 19.6 Å². The summed E-state index contributed by atoms with van der Waals surface area (Å²) in [5.41, 5.74) is 7.90. The van der Waals surface area contributed by atoms with Gasteiger partial charge in [-0.1, -0.05) is 0 Å². The summed E-state index contributed by atoms with van der Waals surface area (Å²) < 4.78 is 1.73. The molecule has 2 aliphatic heterocycles. The van der Waals surface area contributed by atoms with Gasteiger partial charge < -0.3 is 10.6 Å². The maximum absolute atomic E-state index is 12.8. The van der Waals surface area contributed by atoms with Crippen LogP contribution in [0, 0.1) is 6.92 Å². The normalized spacial score (nSPS) is 23.1. The fraction of sp³-hybridized carbons (Fsp3) is 0.714. The summed E-state index contributed by atoms with van der Waals surface area (Å²) in [7, 11) is 0. The third kappa shape index (κ3) is 2.08. The predicted octanol–water partition coefficient (Wildman–Crippen LogP) is 0.714. The highest BCUT2D eigenvalue weighted by molar-refractivity contribution is 5.98. The zero-order valence-electron chi connectivity index (χ0n) is 12.3. The Kier molecular flexibility index (Phi) is 3.41. The summed E-state index contributed by atoms with van der Waals surface area (Å²) in [5.74, 6) is 0.0384. The summed E-state index contributed by atoms with van der Waals surface area (Å²) in [6, 6.07) is 0.535. The first-order chi connectivity index (χ1) is 9.61. The second-order valence-corrected chi connectivity index (χ2v) is 5.75. The molecule has 0 bridgehead atoms. The van der Waals surface area contributed by atoms with Crippen molar-refractivity contribution >= 4 is 11.6 Å². The summed E-state index contributed by atoms with van der Waals surface area (Å²) in [5, 5.41) is 4.34. The second-order valence-electron chi connectivity index (χ2n) is 5.75. The van der Waals surface area contributed by atoms with E-state index in [2.05, 4.69) is 10.00 Å². The molecule has 3 heterocycles. The van der Waals surface area contributed by atoms with Crippen molar-refractivity contribution in [3.8, 4) is 0 Å². The maximum atomic E-state index is 12.8. The van der Waals surface area contributed by atoms with Gasteiger partial charge >= 0.3 is 0 Å². The smallest absolute Gasteiger partial charge is 0.274 e. The Hall–Kier alpha value is -1.56. The lowest BCUT2D eigenvalue weighted by molar-refractivity contribution is 0.0561. The van der Waals surface area contributed by atoms with Crippen LogP contribution in [-0.4, -0.2) is 57.7 Å². The van der Waals surface area contributed by atoms with Gasteiger partial charge in [-0.2, -0.15) is 5.10 Å². The van der Waals surface area contributed by atoms with Crippen molar-refractivity contribution in [3.63, 3.8) is 0 Å². The topological polar surface area (TPSA) is 67.4 Å². The predicted molar refractivity (Wildman–Crippen MR) is 77.5 cm³/mol. The number of anilines is 1. The molecule has 0 aliphatic carbocycles. The van der Waals surface area contributed by atoms with Crippen LogP contribution in [0.3, 0.4) is 0 Å². The number of nitrogens with zero attached hydrogens (tertiary/aromatic N) is 4. The standard InChI is InChI=1S/C14H23N5O/c1-3-19-13(12(15)10(2)16-19)14(20)18-8-7-17-6-4-5-11(17)9-18/h11H,3-9,15H2,1-2H3. The zero-order valence-corrected chi connectivity index (χ0v) is 12.3. The Balaban J connectivity index is 1.82. The molecule has 6 heteroatoms. The van der Waals surface area contributed by atoms with E-state index in [-0.39, 0.29) is 5.91 Å². The largest absolute Gasteiger partial charge is 0.395 e. The van der Waals surface area contributed by atoms with Gasteiger partial charge in [-0.05, 0) is 33.2 Å². The second kappa shape index (κ2) is 5.09. The molecule has 2 aliphatic rings. The molecule has 1 aromatic heterocycles. The molecule has 2 fully saturated rings. The first-order valence-electron chi connectivity index (χ1n) is 7.48. The third-order valence-electron chi connectivity index (χ3n) is 4.55. The van der Waals surface area contributed by atoms with Gasteiger partial charge in [-0.25, -0.2) is 0 Å². The lowest BCUT2D eigenvalue weighted by atomic mass is 10.1. The average molecular weight is 277 g/mol. The molecule has 1 unspecified atom stereocenters. The van der Waals surface area contributed by atoms with E-state index in [1.807, 2.05) is 18.7 Å². The number of fused-ring (bicyclic) bond motifs is 1. The van der Waals surface area contributed by atoms with Gasteiger partial charge in [0.1, 0.15) is 5.69 Å². The third-order valence-corrected chi connectivity index (χ3v) is 4.55. The Labute approximate surface area is 119 Å². The maximum Gasteiger partial charge on any atom is 0.274 e. The summed E-state index contributed by atoms with van der Waals surface area (Å²) in [6.07, 6.45) is 2.45. The number of nitrogens with two attached hydrogens (primary N) is 1. The van der Waals surface area contributed by atoms with Crippen molar-refractivity contribution < 1.29 is 4.79 Å². The van der Waals surface area contributed by atoms with Crippen molar-refractivity contribution in [2.75, 3.05) is 31.9 Å². The molecule has 2 N–H and O–H groups in total. The highest BCUT2D eigenvalue weighted by Crippen LogP contribution is 2.24. The first kappa shape index (κ1) is 13.4. The highest BCUT2D eigenvalue weighted by atomic mass is 16.2. The molecule has 2 saturated heterocycles. The monoisotopic (exact) mass is 277 g/mol. The van der Waals surface area contributed by atoms with Crippen molar-refractivity contribution in [1.29, 1.82) is 0 Å². The summed E-state index contributed by atoms with van der Waals surface area (Å²) in [6.45, 7) is 8.29. The SMILES string of the molecule is CCn1nc(C)c(N)c1C(=O)N1CCN2CCCC2C1. The van der Waals surface area contributed by atoms with Gasteiger partial charge in [0, 0.05) is 32.2 Å². The van der Waals surface area contributed by atoms with Crippen LogP contribution >= 0.6 is 0 Å². The fourth-order valence-corrected chi connectivity index (χ4v) is 3.38. The van der Waals surface area contributed by atoms with E-state index in [4.69, 9.17) is 5.73 Å². The molecule has 3 rings (SSSR count). The molecule has 6 nitrogen and oxygen atoms in total. The molecule has 0 radical (unpaired) electrons. The van der Waals surface area contributed by atoms with Crippen LogP contribution in [-0.2, 0) is 6.54 Å². The number of piperazine rings is 1. The quantitative estimate of drug-likeness (QED) is 0.864. The van der Waals surface area contributed by atoms with Gasteiger partial charge in [0.2, 0.25) is 0 Å². The number of carbonyl (C=O) groups excluding carboxylic acids is 1. The van der Waals surface area contributed by atoms with E-state index in [1.165, 1.54) is 19.4 Å². The van der Waals surface area contributed by atoms with E-state index in [0.717, 1.165) is 25.3 Å². The Morgan fingerprint density at radius 3 is 2.95 bits per heavy atom. The van der Waals surface area contributed by atoms with Crippen molar-refractivity contribution in [2.24, 2.45) is 0 Å². The average Bonchev–Trinajstić information content (AvgIpc) is 3.02. The number of amides is 1. The number of hydrogen-bond donors (Lipinski definition) is 1. The van der Waals surface area contributed by atoms with Crippen LogP contribution in [0.1, 0.15) is 35.9 Å². The minimum atomic E-state index is 0.0384. The number of aryl methyl sites for hydroxylation is 2. The van der Waals surface area contributed by atoms with E-state index >= 15 is 0 Å². The molecule has 110 valence electrons. The van der Waals surface area contributed by atoms with Gasteiger partial charge in [-0.15, -0.1) is 0 Å². The Morgan fingerprint density at radius 1 is 1.40 bits per heavy atom. The molecular formula is C14H23N5O. The molecule has 0 saturated carbocycles. The summed E-state index contributed by atoms with van der Waals surface area (Å²) >= 11 is 0. The van der Waals surface area contributed by atoms with Crippen LogP contribution in [0.5, 0.6) is 0 Å². The lowest BCUT2D eigenvalue weighted by Crippen LogP contribution is -2.52. The number of nitrogen functional groups attached to an aromatic ring is 1. The van der Waals surface area contributed by atoms with Crippen LogP contribution in [0.4, 0.5) is 5.69 Å². The molecule has 0 spiro atoms. The Bertz CT molecular complexity index is 524. The molecule has 0 aromatic carbocycles. The van der Waals surface area contributed by atoms with Crippen molar-refractivity contribution in [3.05, 3.63) is 11.4 Å². The lowest BCUT2D eigenvalue weighted by Gasteiger charge is -2.37. The van der Waals surface area contributed by atoms with Crippen LogP contribution < -0.4 is 5.73 Å². The van der Waals surface area contributed by atoms with E-state index in [1.54, 1.807) is 4.68 Å². The highest BCUT2D eigenvalue weighted by Gasteiger charge is 2.34. The number of carbonyl (C=O) groups is 1. The van der Waals surface area contributed by atoms with Gasteiger partial charge in [0.25, 0.3) is 5.91 Å². The van der Waals surface area contributed by atoms with Gasteiger partial charge in [-0.3, -0.25) is 14.4 Å². The molecule has 1 aromatic rings. The Morgan fingerprint density at radius 2 is 2.20 bits per heavy atom. The van der Waals surface area contributed by atoms with Gasteiger partial charge in [0.05, 0.1) is 11.4 Å². The first-order valence-corrected chi connectivity index (χ1v) is 7.48. The molecular weight excluding hydrogens is 254 g/mol. The minimum absolute atomic E-state index is 0.0384. The molecule has 1 atom stereocenters. The van der Waals surface area contributed by atoms with Gasteiger partial charge in [0.15, 0.2) is 0 Å².